The molecule has 0 aliphatic rings. The third kappa shape index (κ3) is 4.33. The Kier molecular flexibility index (Phi) is 5.02. The first-order chi connectivity index (χ1) is 9.95. The average molecular weight is 302 g/mol. The molecule has 112 valence electrons. The molecule has 1 aromatic heterocycles. The van der Waals surface area contributed by atoms with Crippen LogP contribution in [0.25, 0.3) is 0 Å². The van der Waals surface area contributed by atoms with Gasteiger partial charge in [-0.05, 0) is 50.6 Å². The average Bonchev–Trinajstić information content (AvgIpc) is 2.84. The highest BCUT2D eigenvalue weighted by Crippen LogP contribution is 2.19. The Hall–Kier alpha value is -1.81. The molecule has 0 unspecified atom stereocenters. The van der Waals surface area contributed by atoms with Crippen LogP contribution in [-0.2, 0) is 17.8 Å². The summed E-state index contributed by atoms with van der Waals surface area (Å²) in [5.41, 5.74) is 7.40. The molecule has 0 atom stereocenters. The zero-order chi connectivity index (χ0) is 15.4. The Morgan fingerprint density at radius 1 is 1.19 bits per heavy atom. The Labute approximate surface area is 130 Å². The van der Waals surface area contributed by atoms with E-state index in [4.69, 9.17) is 5.73 Å². The minimum atomic E-state index is 0.154. The summed E-state index contributed by atoms with van der Waals surface area (Å²) in [4.78, 5) is 17.0. The van der Waals surface area contributed by atoms with Gasteiger partial charge in [0.15, 0.2) is 0 Å². The molecule has 0 saturated heterocycles. The summed E-state index contributed by atoms with van der Waals surface area (Å²) in [5.74, 6) is 0.154. The van der Waals surface area contributed by atoms with E-state index in [0.29, 0.717) is 13.0 Å². The van der Waals surface area contributed by atoms with E-state index in [2.05, 4.69) is 32.9 Å². The fraction of sp³-hybridized carbons (Fsp3) is 0.353. The maximum atomic E-state index is 12.5. The van der Waals surface area contributed by atoms with Crippen molar-refractivity contribution in [1.29, 1.82) is 0 Å². The number of anilines is 1. The molecule has 0 aliphatic carbocycles. The van der Waals surface area contributed by atoms with Crippen molar-refractivity contribution in [2.24, 2.45) is 0 Å². The summed E-state index contributed by atoms with van der Waals surface area (Å²) in [6, 6.07) is 11.9. The quantitative estimate of drug-likeness (QED) is 0.858. The van der Waals surface area contributed by atoms with Crippen LogP contribution < -0.4 is 5.73 Å². The van der Waals surface area contributed by atoms with Crippen LogP contribution in [-0.4, -0.2) is 16.8 Å². The van der Waals surface area contributed by atoms with Crippen molar-refractivity contribution >= 4 is 22.9 Å². The van der Waals surface area contributed by atoms with Crippen molar-refractivity contribution in [3.8, 4) is 0 Å². The van der Waals surface area contributed by atoms with Crippen LogP contribution in [0.2, 0.25) is 0 Å². The van der Waals surface area contributed by atoms with Gasteiger partial charge < -0.3 is 10.6 Å². The zero-order valence-corrected chi connectivity index (χ0v) is 13.6. The van der Waals surface area contributed by atoms with Crippen LogP contribution in [0.15, 0.2) is 36.4 Å². The number of rotatable bonds is 5. The van der Waals surface area contributed by atoms with Gasteiger partial charge in [-0.1, -0.05) is 12.1 Å². The van der Waals surface area contributed by atoms with Gasteiger partial charge in [-0.2, -0.15) is 0 Å². The summed E-state index contributed by atoms with van der Waals surface area (Å²) in [6.07, 6.45) is 0.419. The fourth-order valence-electron chi connectivity index (χ4n) is 2.21. The zero-order valence-electron chi connectivity index (χ0n) is 12.8. The van der Waals surface area contributed by atoms with E-state index in [1.165, 1.54) is 9.75 Å². The fourth-order valence-corrected chi connectivity index (χ4v) is 3.10. The Bertz CT molecular complexity index is 602. The molecule has 0 fully saturated rings. The van der Waals surface area contributed by atoms with Crippen molar-refractivity contribution < 1.29 is 4.79 Å². The highest BCUT2D eigenvalue weighted by Gasteiger charge is 2.18. The van der Waals surface area contributed by atoms with Crippen molar-refractivity contribution in [3.05, 3.63) is 51.7 Å². The highest BCUT2D eigenvalue weighted by atomic mass is 32.1. The van der Waals surface area contributed by atoms with Crippen LogP contribution in [0.3, 0.4) is 0 Å². The van der Waals surface area contributed by atoms with E-state index in [1.54, 1.807) is 11.3 Å². The lowest BCUT2D eigenvalue weighted by Crippen LogP contribution is -2.37. The smallest absolute Gasteiger partial charge is 0.227 e. The monoisotopic (exact) mass is 302 g/mol. The van der Waals surface area contributed by atoms with Crippen LogP contribution in [0.1, 0.15) is 29.2 Å². The lowest BCUT2D eigenvalue weighted by molar-refractivity contribution is -0.132. The summed E-state index contributed by atoms with van der Waals surface area (Å²) >= 11 is 1.75. The Morgan fingerprint density at radius 2 is 1.86 bits per heavy atom. The Balaban J connectivity index is 2.06. The number of aryl methyl sites for hydroxylation is 1. The molecular weight excluding hydrogens is 280 g/mol. The van der Waals surface area contributed by atoms with Gasteiger partial charge in [0, 0.05) is 21.5 Å². The van der Waals surface area contributed by atoms with Crippen molar-refractivity contribution in [1.82, 2.24) is 4.90 Å². The molecule has 0 bridgehead atoms. The SMILES string of the molecule is Cc1ccc(CN(C(=O)Cc2ccc(N)cc2)C(C)C)s1. The first-order valence-corrected chi connectivity index (χ1v) is 7.96. The number of carbonyl (C=O) groups is 1. The van der Waals surface area contributed by atoms with Gasteiger partial charge in [0.25, 0.3) is 0 Å². The third-order valence-corrected chi connectivity index (χ3v) is 4.39. The maximum absolute atomic E-state index is 12.5. The topological polar surface area (TPSA) is 46.3 Å². The number of thiophene rings is 1. The number of hydrogen-bond donors (Lipinski definition) is 1. The number of nitrogens with zero attached hydrogens (tertiary/aromatic N) is 1. The number of nitrogen functional groups attached to an aromatic ring is 1. The predicted octanol–water partition coefficient (Wildman–Crippen LogP) is 3.62. The molecule has 1 heterocycles. The molecule has 1 aromatic carbocycles. The van der Waals surface area contributed by atoms with Gasteiger partial charge in [0.1, 0.15) is 0 Å². The predicted molar refractivity (Wildman–Crippen MR) is 89.3 cm³/mol. The molecule has 0 aliphatic heterocycles. The second-order valence-electron chi connectivity index (χ2n) is 5.55. The van der Waals surface area contributed by atoms with Gasteiger partial charge in [0.2, 0.25) is 5.91 Å². The largest absolute Gasteiger partial charge is 0.399 e. The lowest BCUT2D eigenvalue weighted by Gasteiger charge is -2.26. The van der Waals surface area contributed by atoms with Crippen molar-refractivity contribution in [2.75, 3.05) is 5.73 Å². The molecule has 0 spiro atoms. The molecule has 3 nitrogen and oxygen atoms in total. The second-order valence-corrected chi connectivity index (χ2v) is 6.92. The summed E-state index contributed by atoms with van der Waals surface area (Å²) < 4.78 is 0. The summed E-state index contributed by atoms with van der Waals surface area (Å²) in [7, 11) is 0. The van der Waals surface area contributed by atoms with Crippen LogP contribution in [0.4, 0.5) is 5.69 Å². The minimum Gasteiger partial charge on any atom is -0.399 e. The molecule has 2 N–H and O–H groups in total. The third-order valence-electron chi connectivity index (χ3n) is 3.40. The first kappa shape index (κ1) is 15.6. The molecular formula is C17H22N2OS. The van der Waals surface area contributed by atoms with E-state index < -0.39 is 0 Å². The number of carbonyl (C=O) groups excluding carboxylic acids is 1. The molecule has 2 rings (SSSR count). The summed E-state index contributed by atoms with van der Waals surface area (Å²) in [6.45, 7) is 6.89. The highest BCUT2D eigenvalue weighted by molar-refractivity contribution is 7.11. The van der Waals surface area contributed by atoms with Gasteiger partial charge >= 0.3 is 0 Å². The molecule has 2 aromatic rings. The molecule has 21 heavy (non-hydrogen) atoms. The van der Waals surface area contributed by atoms with E-state index in [9.17, 15) is 4.79 Å². The number of hydrogen-bond acceptors (Lipinski definition) is 3. The van der Waals surface area contributed by atoms with E-state index in [0.717, 1.165) is 11.3 Å². The second kappa shape index (κ2) is 6.76. The van der Waals surface area contributed by atoms with Crippen molar-refractivity contribution in [3.63, 3.8) is 0 Å². The van der Waals surface area contributed by atoms with E-state index in [1.807, 2.05) is 29.2 Å². The molecule has 0 radical (unpaired) electrons. The van der Waals surface area contributed by atoms with Gasteiger partial charge in [-0.3, -0.25) is 4.79 Å². The molecule has 1 amide bonds. The normalized spacial score (nSPS) is 10.9. The van der Waals surface area contributed by atoms with Gasteiger partial charge in [-0.15, -0.1) is 11.3 Å². The van der Waals surface area contributed by atoms with Crippen molar-refractivity contribution in [2.45, 2.75) is 39.8 Å². The standard InChI is InChI=1S/C17H22N2OS/c1-12(2)19(11-16-9-4-13(3)21-16)17(20)10-14-5-7-15(18)8-6-14/h4-9,12H,10-11,18H2,1-3H3. The maximum Gasteiger partial charge on any atom is 0.227 e. The van der Waals surface area contributed by atoms with Crippen LogP contribution in [0, 0.1) is 6.92 Å². The summed E-state index contributed by atoms with van der Waals surface area (Å²) in [5, 5.41) is 0. The number of benzene rings is 1. The molecule has 4 heteroatoms. The number of amides is 1. The van der Waals surface area contributed by atoms with E-state index >= 15 is 0 Å². The molecule has 0 saturated carbocycles. The van der Waals surface area contributed by atoms with Gasteiger partial charge in [-0.25, -0.2) is 0 Å². The lowest BCUT2D eigenvalue weighted by atomic mass is 10.1. The minimum absolute atomic E-state index is 0.154. The van der Waals surface area contributed by atoms with Gasteiger partial charge in [0.05, 0.1) is 13.0 Å². The number of nitrogens with two attached hydrogens (primary N) is 1. The van der Waals surface area contributed by atoms with E-state index in [-0.39, 0.29) is 11.9 Å². The van der Waals surface area contributed by atoms with Crippen LogP contribution >= 0.6 is 11.3 Å². The van der Waals surface area contributed by atoms with Crippen LogP contribution in [0.5, 0.6) is 0 Å². The Morgan fingerprint density at radius 3 is 2.38 bits per heavy atom. The first-order valence-electron chi connectivity index (χ1n) is 7.15.